The molecule has 0 aliphatic carbocycles. The first-order chi connectivity index (χ1) is 9.52. The van der Waals surface area contributed by atoms with E-state index in [0.717, 1.165) is 17.7 Å². The van der Waals surface area contributed by atoms with Crippen molar-refractivity contribution in [2.75, 3.05) is 20.3 Å². The summed E-state index contributed by atoms with van der Waals surface area (Å²) < 4.78 is 11.0. The summed E-state index contributed by atoms with van der Waals surface area (Å²) in [4.78, 5) is 4.35. The van der Waals surface area contributed by atoms with Crippen molar-refractivity contribution in [3.63, 3.8) is 0 Å². The van der Waals surface area contributed by atoms with Crippen molar-refractivity contribution in [1.82, 2.24) is 5.32 Å². The summed E-state index contributed by atoms with van der Waals surface area (Å²) in [6.07, 6.45) is 0.876. The van der Waals surface area contributed by atoms with Gasteiger partial charge in [0.2, 0.25) is 0 Å². The quantitative estimate of drug-likeness (QED) is 0.459. The number of fused-ring (bicyclic) bond motifs is 1. The minimum atomic E-state index is -0.306. The number of aliphatic imine (C=N–C) groups is 1. The molecule has 3 N–H and O–H groups in total. The topological polar surface area (TPSA) is 68.9 Å². The van der Waals surface area contributed by atoms with Crippen LogP contribution in [0.2, 0.25) is 0 Å². The Morgan fingerprint density at radius 1 is 1.48 bits per heavy atom. The first-order valence-electron chi connectivity index (χ1n) is 6.85. The Kier molecular flexibility index (Phi) is 6.73. The smallest absolute Gasteiger partial charge is 0.189 e. The second kappa shape index (κ2) is 7.84. The zero-order chi connectivity index (χ0) is 14.6. The third kappa shape index (κ3) is 5.03. The number of ether oxygens (including phenoxy) is 2. The van der Waals surface area contributed by atoms with Crippen LogP contribution in [0.3, 0.4) is 0 Å². The van der Waals surface area contributed by atoms with Gasteiger partial charge in [0.1, 0.15) is 5.75 Å². The fourth-order valence-corrected chi connectivity index (χ4v) is 2.06. The maximum absolute atomic E-state index is 5.97. The summed E-state index contributed by atoms with van der Waals surface area (Å²) in [6.45, 7) is 5.17. The Labute approximate surface area is 143 Å². The van der Waals surface area contributed by atoms with Crippen LogP contribution in [0.4, 0.5) is 0 Å². The fourth-order valence-electron chi connectivity index (χ4n) is 2.06. The molecule has 1 aromatic carbocycles. The maximum Gasteiger partial charge on any atom is 0.189 e. The minimum absolute atomic E-state index is 0. The Morgan fingerprint density at radius 2 is 2.19 bits per heavy atom. The zero-order valence-electron chi connectivity index (χ0n) is 12.8. The lowest BCUT2D eigenvalue weighted by atomic mass is 10.0. The molecular weight excluding hydrogens is 381 g/mol. The number of nitrogens with one attached hydrogen (secondary N) is 1. The highest BCUT2D eigenvalue weighted by Gasteiger charge is 2.21. The molecule has 1 aliphatic heterocycles. The molecule has 0 fully saturated rings. The van der Waals surface area contributed by atoms with Crippen molar-refractivity contribution in [3.8, 4) is 5.75 Å². The maximum atomic E-state index is 5.97. The lowest BCUT2D eigenvalue weighted by molar-refractivity contribution is 0.0311. The van der Waals surface area contributed by atoms with Gasteiger partial charge in [-0.15, -0.1) is 24.0 Å². The molecule has 5 nitrogen and oxygen atoms in total. The van der Waals surface area contributed by atoms with Gasteiger partial charge in [-0.25, -0.2) is 0 Å². The highest BCUT2D eigenvalue weighted by molar-refractivity contribution is 14.0. The Hall–Kier alpha value is -1.02. The number of halogens is 1. The van der Waals surface area contributed by atoms with Gasteiger partial charge < -0.3 is 20.5 Å². The van der Waals surface area contributed by atoms with Crippen molar-refractivity contribution in [2.24, 2.45) is 10.7 Å². The van der Waals surface area contributed by atoms with E-state index in [1.54, 1.807) is 7.11 Å². The summed E-state index contributed by atoms with van der Waals surface area (Å²) in [5, 5.41) is 3.26. The van der Waals surface area contributed by atoms with Gasteiger partial charge in [-0.2, -0.15) is 0 Å². The van der Waals surface area contributed by atoms with Crippen LogP contribution in [-0.4, -0.2) is 31.8 Å². The molecule has 0 radical (unpaired) electrons. The summed E-state index contributed by atoms with van der Waals surface area (Å²) in [5.74, 6) is 1.36. The van der Waals surface area contributed by atoms with E-state index in [1.807, 2.05) is 32.0 Å². The molecule has 1 aromatic rings. The highest BCUT2D eigenvalue weighted by atomic mass is 127. The zero-order valence-corrected chi connectivity index (χ0v) is 15.1. The molecule has 0 bridgehead atoms. The molecule has 0 amide bonds. The van der Waals surface area contributed by atoms with Gasteiger partial charge in [0.05, 0.1) is 24.8 Å². The van der Waals surface area contributed by atoms with Gasteiger partial charge in [-0.3, -0.25) is 4.99 Å². The second-order valence-electron chi connectivity index (χ2n) is 5.54. The average molecular weight is 405 g/mol. The van der Waals surface area contributed by atoms with Crippen molar-refractivity contribution < 1.29 is 9.47 Å². The first kappa shape index (κ1) is 18.0. The number of nitrogens with zero attached hydrogens (tertiary/aromatic N) is 1. The molecular formula is C15H24IN3O2. The number of guanidine groups is 1. The van der Waals surface area contributed by atoms with Crippen LogP contribution < -0.4 is 15.8 Å². The number of hydrogen-bond acceptors (Lipinski definition) is 3. The van der Waals surface area contributed by atoms with Crippen LogP contribution in [0.5, 0.6) is 5.75 Å². The lowest BCUT2D eigenvalue weighted by Crippen LogP contribution is -2.38. The number of benzene rings is 1. The third-order valence-corrected chi connectivity index (χ3v) is 3.46. The standard InChI is InChI=1S/C15H23N3O2.HI/c1-15(2,19-3)10-17-14(16)18-12-8-9-20-13-7-5-4-6-11(12)13;/h4-7,12H,8-10H2,1-3H3,(H3,16,17,18);1H. The predicted molar refractivity (Wildman–Crippen MR) is 95.4 cm³/mol. The van der Waals surface area contributed by atoms with Crippen molar-refractivity contribution >= 4 is 29.9 Å². The molecule has 1 unspecified atom stereocenters. The molecule has 1 aliphatic rings. The number of hydrogen-bond donors (Lipinski definition) is 2. The largest absolute Gasteiger partial charge is 0.493 e. The highest BCUT2D eigenvalue weighted by Crippen LogP contribution is 2.31. The molecule has 6 heteroatoms. The van der Waals surface area contributed by atoms with E-state index in [4.69, 9.17) is 15.2 Å². The first-order valence-corrected chi connectivity index (χ1v) is 6.85. The van der Waals surface area contributed by atoms with Crippen LogP contribution in [0, 0.1) is 0 Å². The minimum Gasteiger partial charge on any atom is -0.493 e. The van der Waals surface area contributed by atoms with Gasteiger partial charge in [0.25, 0.3) is 0 Å². The van der Waals surface area contributed by atoms with Crippen LogP contribution in [-0.2, 0) is 4.74 Å². The normalized spacial score (nSPS) is 18.2. The number of para-hydroxylation sites is 1. The molecule has 118 valence electrons. The Morgan fingerprint density at radius 3 is 2.90 bits per heavy atom. The number of rotatable bonds is 4. The fraction of sp³-hybridized carbons (Fsp3) is 0.533. The van der Waals surface area contributed by atoms with E-state index >= 15 is 0 Å². The van der Waals surface area contributed by atoms with E-state index in [2.05, 4.69) is 16.4 Å². The predicted octanol–water partition coefficient (Wildman–Crippen LogP) is 2.46. The van der Waals surface area contributed by atoms with E-state index in [9.17, 15) is 0 Å². The lowest BCUT2D eigenvalue weighted by Gasteiger charge is -2.27. The molecule has 1 heterocycles. The van der Waals surface area contributed by atoms with Crippen LogP contribution in [0.15, 0.2) is 29.3 Å². The van der Waals surface area contributed by atoms with Gasteiger partial charge in [-0.1, -0.05) is 18.2 Å². The number of nitrogens with two attached hydrogens (primary N) is 1. The SMILES string of the molecule is COC(C)(C)CN=C(N)NC1CCOc2ccccc21.I. The Balaban J connectivity index is 0.00000220. The summed E-state index contributed by atoms with van der Waals surface area (Å²) in [5.41, 5.74) is 6.79. The van der Waals surface area contributed by atoms with E-state index < -0.39 is 0 Å². The van der Waals surface area contributed by atoms with E-state index in [1.165, 1.54) is 0 Å². The molecule has 1 atom stereocenters. The molecule has 2 rings (SSSR count). The van der Waals surface area contributed by atoms with Crippen LogP contribution >= 0.6 is 24.0 Å². The van der Waals surface area contributed by atoms with E-state index in [0.29, 0.717) is 19.1 Å². The summed E-state index contributed by atoms with van der Waals surface area (Å²) in [7, 11) is 1.67. The van der Waals surface area contributed by atoms with Gasteiger partial charge in [-0.05, 0) is 19.9 Å². The van der Waals surface area contributed by atoms with Crippen molar-refractivity contribution in [2.45, 2.75) is 31.9 Å². The molecule has 0 aromatic heterocycles. The summed E-state index contributed by atoms with van der Waals surface area (Å²) >= 11 is 0. The summed E-state index contributed by atoms with van der Waals surface area (Å²) in [6, 6.07) is 8.15. The van der Waals surface area contributed by atoms with Crippen LogP contribution in [0.1, 0.15) is 31.9 Å². The molecule has 0 saturated heterocycles. The Bertz CT molecular complexity index is 492. The van der Waals surface area contributed by atoms with Gasteiger partial charge in [0.15, 0.2) is 5.96 Å². The van der Waals surface area contributed by atoms with Crippen LogP contribution in [0.25, 0.3) is 0 Å². The molecule has 0 saturated carbocycles. The average Bonchev–Trinajstić information content (AvgIpc) is 2.46. The van der Waals surface area contributed by atoms with Crippen molar-refractivity contribution in [1.29, 1.82) is 0 Å². The van der Waals surface area contributed by atoms with Gasteiger partial charge in [0, 0.05) is 19.1 Å². The second-order valence-corrected chi connectivity index (χ2v) is 5.54. The van der Waals surface area contributed by atoms with Gasteiger partial charge >= 0.3 is 0 Å². The van der Waals surface area contributed by atoms with Crippen molar-refractivity contribution in [3.05, 3.63) is 29.8 Å². The monoisotopic (exact) mass is 405 g/mol. The molecule has 0 spiro atoms. The third-order valence-electron chi connectivity index (χ3n) is 3.46. The molecule has 21 heavy (non-hydrogen) atoms. The number of methoxy groups -OCH3 is 1. The van der Waals surface area contributed by atoms with E-state index in [-0.39, 0.29) is 35.6 Å².